The van der Waals surface area contributed by atoms with Crippen molar-refractivity contribution in [1.29, 1.82) is 0 Å². The van der Waals surface area contributed by atoms with Gasteiger partial charge < -0.3 is 9.47 Å². The maximum absolute atomic E-state index is 12.7. The molecule has 0 bridgehead atoms. The maximum Gasteiger partial charge on any atom is 0.298 e. The Morgan fingerprint density at radius 1 is 1.00 bits per heavy atom. The molecule has 1 fully saturated rings. The molecule has 5 nitrogen and oxygen atoms in total. The number of methoxy groups -OCH3 is 2. The Morgan fingerprint density at radius 3 is 2.36 bits per heavy atom. The highest BCUT2D eigenvalue weighted by Crippen LogP contribution is 2.38. The molecule has 1 aliphatic rings. The molecule has 1 saturated heterocycles. The number of thioether (sulfide) groups is 1. The minimum Gasteiger partial charge on any atom is -0.493 e. The molecule has 2 aromatic carbocycles. The van der Waals surface area contributed by atoms with Crippen LogP contribution in [-0.4, -0.2) is 25.4 Å². The summed E-state index contributed by atoms with van der Waals surface area (Å²) in [4.78, 5) is 26.6. The second kappa shape index (κ2) is 7.03. The fraction of sp³-hybridized carbons (Fsp3) is 0.158. The average molecular weight is 355 g/mol. The Kier molecular flexibility index (Phi) is 4.81. The smallest absolute Gasteiger partial charge is 0.298 e. The summed E-state index contributed by atoms with van der Waals surface area (Å²) >= 11 is 0.910. The van der Waals surface area contributed by atoms with E-state index < -0.39 is 0 Å². The Bertz CT molecular complexity index is 858. The van der Waals surface area contributed by atoms with Crippen LogP contribution in [0.3, 0.4) is 0 Å². The van der Waals surface area contributed by atoms with Crippen LogP contribution in [0.4, 0.5) is 10.5 Å². The number of imide groups is 1. The number of hydrogen-bond acceptors (Lipinski definition) is 5. The molecule has 6 heteroatoms. The first-order valence-electron chi connectivity index (χ1n) is 7.60. The molecular formula is C19H17NO4S. The Labute approximate surface area is 150 Å². The third-order valence-electron chi connectivity index (χ3n) is 3.81. The first kappa shape index (κ1) is 17.1. The number of aryl methyl sites for hydroxylation is 1. The van der Waals surface area contributed by atoms with E-state index in [4.69, 9.17) is 9.47 Å². The van der Waals surface area contributed by atoms with Crippen molar-refractivity contribution in [2.45, 2.75) is 6.92 Å². The van der Waals surface area contributed by atoms with Crippen molar-refractivity contribution in [3.63, 3.8) is 0 Å². The maximum atomic E-state index is 12.7. The van der Waals surface area contributed by atoms with E-state index >= 15 is 0 Å². The molecule has 0 unspecified atom stereocenters. The highest BCUT2D eigenvalue weighted by molar-refractivity contribution is 8.19. The second-order valence-corrected chi connectivity index (χ2v) is 6.43. The molecule has 0 aliphatic carbocycles. The van der Waals surface area contributed by atoms with Gasteiger partial charge in [-0.1, -0.05) is 29.8 Å². The largest absolute Gasteiger partial charge is 0.493 e. The van der Waals surface area contributed by atoms with E-state index in [1.165, 1.54) is 12.0 Å². The highest BCUT2D eigenvalue weighted by Gasteiger charge is 2.36. The summed E-state index contributed by atoms with van der Waals surface area (Å²) in [5, 5.41) is -0.318. The van der Waals surface area contributed by atoms with Gasteiger partial charge in [-0.2, -0.15) is 0 Å². The zero-order valence-corrected chi connectivity index (χ0v) is 14.9. The SMILES string of the molecule is COc1cccc(/C=C2\SC(=O)N(c3ccc(C)cc3)C2=O)c1OC. The van der Waals surface area contributed by atoms with E-state index in [1.54, 1.807) is 43.5 Å². The molecule has 0 radical (unpaired) electrons. The van der Waals surface area contributed by atoms with Crippen LogP contribution < -0.4 is 14.4 Å². The van der Waals surface area contributed by atoms with Gasteiger partial charge in [-0.15, -0.1) is 0 Å². The number of nitrogens with zero attached hydrogens (tertiary/aromatic N) is 1. The topological polar surface area (TPSA) is 55.8 Å². The van der Waals surface area contributed by atoms with Gasteiger partial charge in [0.05, 0.1) is 24.8 Å². The lowest BCUT2D eigenvalue weighted by Gasteiger charge is -2.12. The number of anilines is 1. The van der Waals surface area contributed by atoms with Crippen molar-refractivity contribution >= 4 is 34.7 Å². The predicted octanol–water partition coefficient (Wildman–Crippen LogP) is 4.25. The summed E-state index contributed by atoms with van der Waals surface area (Å²) < 4.78 is 10.6. The van der Waals surface area contributed by atoms with Crippen molar-refractivity contribution in [1.82, 2.24) is 0 Å². The zero-order chi connectivity index (χ0) is 18.0. The van der Waals surface area contributed by atoms with Gasteiger partial charge >= 0.3 is 0 Å². The first-order valence-corrected chi connectivity index (χ1v) is 8.42. The fourth-order valence-electron chi connectivity index (χ4n) is 2.55. The van der Waals surface area contributed by atoms with Gasteiger partial charge in [-0.3, -0.25) is 9.59 Å². The van der Waals surface area contributed by atoms with Gasteiger partial charge in [0, 0.05) is 5.56 Å². The first-order chi connectivity index (χ1) is 12.0. The molecular weight excluding hydrogens is 338 g/mol. The lowest BCUT2D eigenvalue weighted by molar-refractivity contribution is -0.113. The van der Waals surface area contributed by atoms with Gasteiger partial charge in [0.2, 0.25) is 0 Å². The molecule has 0 spiro atoms. The number of carbonyl (C=O) groups is 2. The summed E-state index contributed by atoms with van der Waals surface area (Å²) in [7, 11) is 3.08. The molecule has 3 rings (SSSR count). The zero-order valence-electron chi connectivity index (χ0n) is 14.1. The van der Waals surface area contributed by atoms with Crippen molar-refractivity contribution in [2.24, 2.45) is 0 Å². The molecule has 1 heterocycles. The van der Waals surface area contributed by atoms with Crippen LogP contribution in [0.15, 0.2) is 47.4 Å². The molecule has 0 atom stereocenters. The van der Waals surface area contributed by atoms with Crippen LogP contribution in [0, 0.1) is 6.92 Å². The molecule has 2 aromatic rings. The van der Waals surface area contributed by atoms with Crippen LogP contribution in [0.25, 0.3) is 6.08 Å². The van der Waals surface area contributed by atoms with Crippen LogP contribution in [0.2, 0.25) is 0 Å². The quantitative estimate of drug-likeness (QED) is 0.767. The number of ether oxygens (including phenoxy) is 2. The lowest BCUT2D eigenvalue weighted by Crippen LogP contribution is -2.27. The van der Waals surface area contributed by atoms with E-state index in [0.29, 0.717) is 27.7 Å². The van der Waals surface area contributed by atoms with Gasteiger partial charge in [0.15, 0.2) is 11.5 Å². The van der Waals surface area contributed by atoms with Gasteiger partial charge in [0.1, 0.15) is 0 Å². The van der Waals surface area contributed by atoms with E-state index in [2.05, 4.69) is 0 Å². The Morgan fingerprint density at radius 2 is 1.72 bits per heavy atom. The number of para-hydroxylation sites is 1. The summed E-state index contributed by atoms with van der Waals surface area (Å²) in [6, 6.07) is 12.6. The normalized spacial score (nSPS) is 15.8. The Hall–Kier alpha value is -2.73. The Balaban J connectivity index is 1.97. The fourth-order valence-corrected chi connectivity index (χ4v) is 3.38. The van der Waals surface area contributed by atoms with Crippen LogP contribution in [0.1, 0.15) is 11.1 Å². The molecule has 25 heavy (non-hydrogen) atoms. The average Bonchev–Trinajstić information content (AvgIpc) is 2.89. The third kappa shape index (κ3) is 3.25. The van der Waals surface area contributed by atoms with Crippen LogP contribution in [-0.2, 0) is 4.79 Å². The summed E-state index contributed by atoms with van der Waals surface area (Å²) in [5.74, 6) is 0.741. The predicted molar refractivity (Wildman–Crippen MR) is 99.2 cm³/mol. The van der Waals surface area contributed by atoms with E-state index in [0.717, 1.165) is 17.3 Å². The third-order valence-corrected chi connectivity index (χ3v) is 4.68. The standard InChI is InChI=1S/C19H17NO4S/c1-12-7-9-14(10-8-12)20-18(21)16(25-19(20)22)11-13-5-4-6-15(23-2)17(13)24-3/h4-11H,1-3H3/b16-11-. The number of carbonyl (C=O) groups excluding carboxylic acids is 2. The monoisotopic (exact) mass is 355 g/mol. The molecule has 128 valence electrons. The lowest BCUT2D eigenvalue weighted by atomic mass is 10.1. The van der Waals surface area contributed by atoms with Gasteiger partial charge in [-0.25, -0.2) is 4.90 Å². The van der Waals surface area contributed by atoms with Gasteiger partial charge in [0.25, 0.3) is 11.1 Å². The summed E-state index contributed by atoms with van der Waals surface area (Å²) in [6.07, 6.45) is 1.65. The molecule has 2 amide bonds. The van der Waals surface area contributed by atoms with Crippen LogP contribution >= 0.6 is 11.8 Å². The molecule has 1 aliphatic heterocycles. The van der Waals surface area contributed by atoms with Crippen molar-refractivity contribution in [2.75, 3.05) is 19.1 Å². The molecule has 0 aromatic heterocycles. The molecule has 0 N–H and O–H groups in total. The summed E-state index contributed by atoms with van der Waals surface area (Å²) in [6.45, 7) is 1.95. The second-order valence-electron chi connectivity index (χ2n) is 5.44. The minimum absolute atomic E-state index is 0.318. The minimum atomic E-state index is -0.344. The highest BCUT2D eigenvalue weighted by atomic mass is 32.2. The number of rotatable bonds is 4. The van der Waals surface area contributed by atoms with E-state index in [9.17, 15) is 9.59 Å². The van der Waals surface area contributed by atoms with E-state index in [-0.39, 0.29) is 11.1 Å². The van der Waals surface area contributed by atoms with Crippen molar-refractivity contribution < 1.29 is 19.1 Å². The van der Waals surface area contributed by atoms with Gasteiger partial charge in [-0.05, 0) is 43.0 Å². The number of benzene rings is 2. The number of hydrogen-bond donors (Lipinski definition) is 0. The summed E-state index contributed by atoms with van der Waals surface area (Å²) in [5.41, 5.74) is 2.30. The van der Waals surface area contributed by atoms with Crippen LogP contribution in [0.5, 0.6) is 11.5 Å². The number of amides is 2. The van der Waals surface area contributed by atoms with Crippen molar-refractivity contribution in [3.05, 3.63) is 58.5 Å². The molecule has 0 saturated carbocycles. The van der Waals surface area contributed by atoms with Crippen molar-refractivity contribution in [3.8, 4) is 11.5 Å². The van der Waals surface area contributed by atoms with E-state index in [1.807, 2.05) is 19.1 Å².